The van der Waals surface area contributed by atoms with Gasteiger partial charge in [-0.1, -0.05) is 30.3 Å². The molecule has 3 aromatic rings. The predicted molar refractivity (Wildman–Crippen MR) is 95.6 cm³/mol. The number of esters is 1. The fourth-order valence-corrected chi connectivity index (χ4v) is 3.21. The molecule has 124 valence electrons. The standard InChI is InChI=1S/C21H16O4/c22-20(12-9-14-5-2-1-3-6-14)24-15-10-11-17-16-7-4-8-18(16)21(23)25-19(17)13-15/h1-3,5-6,9-13H,4,7-8H2/b12-9-. The number of hydrogen-bond donors (Lipinski definition) is 0. The largest absolute Gasteiger partial charge is 0.423 e. The Morgan fingerprint density at radius 1 is 1.04 bits per heavy atom. The molecule has 1 heterocycles. The van der Waals surface area contributed by atoms with Gasteiger partial charge in [-0.2, -0.15) is 0 Å². The summed E-state index contributed by atoms with van der Waals surface area (Å²) in [5, 5.41) is 0.923. The number of carbonyl (C=O) groups excluding carboxylic acids is 1. The van der Waals surface area contributed by atoms with Gasteiger partial charge < -0.3 is 9.15 Å². The fraction of sp³-hybridized carbons (Fsp3) is 0.143. The monoisotopic (exact) mass is 332 g/mol. The number of aryl methyl sites for hydroxylation is 1. The molecular weight excluding hydrogens is 316 g/mol. The van der Waals surface area contributed by atoms with Gasteiger partial charge in [0, 0.05) is 23.1 Å². The molecule has 0 unspecified atom stereocenters. The highest BCUT2D eigenvalue weighted by Crippen LogP contribution is 2.29. The number of hydrogen-bond acceptors (Lipinski definition) is 4. The maximum atomic E-state index is 12.0. The van der Waals surface area contributed by atoms with E-state index in [-0.39, 0.29) is 5.63 Å². The van der Waals surface area contributed by atoms with Crippen LogP contribution in [0.3, 0.4) is 0 Å². The first kappa shape index (κ1) is 15.4. The quantitative estimate of drug-likeness (QED) is 0.316. The molecule has 4 nitrogen and oxygen atoms in total. The topological polar surface area (TPSA) is 56.5 Å². The van der Waals surface area contributed by atoms with E-state index >= 15 is 0 Å². The highest BCUT2D eigenvalue weighted by Gasteiger charge is 2.19. The molecule has 0 N–H and O–H groups in total. The zero-order valence-corrected chi connectivity index (χ0v) is 13.5. The second kappa shape index (κ2) is 6.40. The second-order valence-corrected chi connectivity index (χ2v) is 6.02. The van der Waals surface area contributed by atoms with Crippen molar-refractivity contribution >= 4 is 23.0 Å². The average Bonchev–Trinajstić information content (AvgIpc) is 3.11. The van der Waals surface area contributed by atoms with Gasteiger partial charge >= 0.3 is 11.6 Å². The molecule has 0 spiro atoms. The van der Waals surface area contributed by atoms with E-state index in [0.717, 1.165) is 41.3 Å². The summed E-state index contributed by atoms with van der Waals surface area (Å²) in [6.45, 7) is 0. The number of carbonyl (C=O) groups is 1. The van der Waals surface area contributed by atoms with Crippen LogP contribution < -0.4 is 10.4 Å². The Morgan fingerprint density at radius 3 is 2.68 bits per heavy atom. The third-order valence-corrected chi connectivity index (χ3v) is 4.37. The smallest absolute Gasteiger partial charge is 0.339 e. The maximum absolute atomic E-state index is 12.0. The first-order valence-electron chi connectivity index (χ1n) is 8.24. The van der Waals surface area contributed by atoms with Gasteiger partial charge in [-0.3, -0.25) is 0 Å². The zero-order chi connectivity index (χ0) is 17.2. The Kier molecular flexibility index (Phi) is 3.94. The van der Waals surface area contributed by atoms with Gasteiger partial charge in [-0.05, 0) is 48.6 Å². The Balaban J connectivity index is 1.58. The Morgan fingerprint density at radius 2 is 1.84 bits per heavy atom. The van der Waals surface area contributed by atoms with Gasteiger partial charge in [0.2, 0.25) is 0 Å². The van der Waals surface area contributed by atoms with Crippen molar-refractivity contribution in [3.8, 4) is 5.75 Å². The molecule has 0 radical (unpaired) electrons. The molecule has 0 amide bonds. The summed E-state index contributed by atoms with van der Waals surface area (Å²) in [6, 6.07) is 14.7. The zero-order valence-electron chi connectivity index (χ0n) is 13.5. The third kappa shape index (κ3) is 3.11. The van der Waals surface area contributed by atoms with E-state index in [2.05, 4.69) is 0 Å². The molecular formula is C21H16O4. The van der Waals surface area contributed by atoms with Crippen LogP contribution in [0.5, 0.6) is 5.75 Å². The van der Waals surface area contributed by atoms with Gasteiger partial charge in [-0.15, -0.1) is 0 Å². The summed E-state index contributed by atoms with van der Waals surface area (Å²) >= 11 is 0. The Bertz CT molecular complexity index is 1030. The van der Waals surface area contributed by atoms with E-state index < -0.39 is 5.97 Å². The molecule has 0 aliphatic heterocycles. The van der Waals surface area contributed by atoms with E-state index in [1.54, 1.807) is 18.2 Å². The van der Waals surface area contributed by atoms with E-state index in [4.69, 9.17) is 9.15 Å². The molecule has 25 heavy (non-hydrogen) atoms. The highest BCUT2D eigenvalue weighted by molar-refractivity contribution is 5.90. The van der Waals surface area contributed by atoms with Crippen molar-refractivity contribution in [2.24, 2.45) is 0 Å². The first-order chi connectivity index (χ1) is 12.2. The van der Waals surface area contributed by atoms with Crippen molar-refractivity contribution in [1.29, 1.82) is 0 Å². The van der Waals surface area contributed by atoms with Crippen LogP contribution in [0.15, 0.2) is 63.8 Å². The maximum Gasteiger partial charge on any atom is 0.339 e. The van der Waals surface area contributed by atoms with Crippen molar-refractivity contribution in [1.82, 2.24) is 0 Å². The predicted octanol–water partition coefficient (Wildman–Crippen LogP) is 3.90. The molecule has 1 aliphatic carbocycles. The molecule has 0 atom stereocenters. The summed E-state index contributed by atoms with van der Waals surface area (Å²) in [5.41, 5.74) is 2.94. The van der Waals surface area contributed by atoms with Crippen molar-refractivity contribution in [2.75, 3.05) is 0 Å². The van der Waals surface area contributed by atoms with Gasteiger partial charge in [0.05, 0.1) is 0 Å². The Hall–Kier alpha value is -3.14. The van der Waals surface area contributed by atoms with Gasteiger partial charge in [0.15, 0.2) is 0 Å². The van der Waals surface area contributed by atoms with Crippen molar-refractivity contribution in [3.63, 3.8) is 0 Å². The van der Waals surface area contributed by atoms with Crippen LogP contribution in [-0.2, 0) is 17.6 Å². The molecule has 0 fully saturated rings. The van der Waals surface area contributed by atoms with Crippen LogP contribution in [-0.4, -0.2) is 5.97 Å². The highest BCUT2D eigenvalue weighted by atomic mass is 16.5. The van der Waals surface area contributed by atoms with Crippen LogP contribution in [0.25, 0.3) is 17.0 Å². The van der Waals surface area contributed by atoms with Gasteiger partial charge in [0.1, 0.15) is 11.3 Å². The fourth-order valence-electron chi connectivity index (χ4n) is 3.21. The SMILES string of the molecule is O=C(/C=C\c1ccccc1)Oc1ccc2c3c(c(=O)oc2c1)CCC3. The lowest BCUT2D eigenvalue weighted by Crippen LogP contribution is -2.07. The summed E-state index contributed by atoms with van der Waals surface area (Å²) in [7, 11) is 0. The van der Waals surface area contributed by atoms with Crippen LogP contribution >= 0.6 is 0 Å². The lowest BCUT2D eigenvalue weighted by molar-refractivity contribution is -0.128. The third-order valence-electron chi connectivity index (χ3n) is 4.37. The van der Waals surface area contributed by atoms with E-state index in [1.807, 2.05) is 36.4 Å². The number of fused-ring (bicyclic) bond motifs is 3. The van der Waals surface area contributed by atoms with E-state index in [0.29, 0.717) is 11.3 Å². The lowest BCUT2D eigenvalue weighted by Gasteiger charge is -2.06. The molecule has 4 heteroatoms. The van der Waals surface area contributed by atoms with Crippen LogP contribution in [0.1, 0.15) is 23.1 Å². The summed E-state index contributed by atoms with van der Waals surface area (Å²) < 4.78 is 10.7. The normalized spacial score (nSPS) is 13.3. The molecule has 2 aromatic carbocycles. The van der Waals surface area contributed by atoms with Crippen molar-refractivity contribution in [3.05, 3.63) is 81.7 Å². The lowest BCUT2D eigenvalue weighted by atomic mass is 10.1. The van der Waals surface area contributed by atoms with Crippen molar-refractivity contribution < 1.29 is 13.9 Å². The second-order valence-electron chi connectivity index (χ2n) is 6.02. The van der Waals surface area contributed by atoms with Gasteiger partial charge in [-0.25, -0.2) is 9.59 Å². The van der Waals surface area contributed by atoms with Crippen molar-refractivity contribution in [2.45, 2.75) is 19.3 Å². The summed E-state index contributed by atoms with van der Waals surface area (Å²) in [6.07, 6.45) is 5.69. The number of ether oxygens (including phenoxy) is 1. The number of rotatable bonds is 3. The molecule has 0 saturated heterocycles. The number of benzene rings is 2. The minimum atomic E-state index is -0.480. The van der Waals surface area contributed by atoms with Crippen LogP contribution in [0, 0.1) is 0 Å². The minimum absolute atomic E-state index is 0.285. The van der Waals surface area contributed by atoms with Crippen LogP contribution in [0.2, 0.25) is 0 Å². The average molecular weight is 332 g/mol. The summed E-state index contributed by atoms with van der Waals surface area (Å²) in [4.78, 5) is 24.0. The van der Waals surface area contributed by atoms with Crippen LogP contribution in [0.4, 0.5) is 0 Å². The molecule has 0 bridgehead atoms. The minimum Gasteiger partial charge on any atom is -0.423 e. The first-order valence-corrected chi connectivity index (χ1v) is 8.24. The molecule has 1 aliphatic rings. The molecule has 4 rings (SSSR count). The van der Waals surface area contributed by atoms with E-state index in [1.165, 1.54) is 6.08 Å². The molecule has 1 aromatic heterocycles. The Labute approximate surface area is 144 Å². The molecule has 0 saturated carbocycles. The van der Waals surface area contributed by atoms with Gasteiger partial charge in [0.25, 0.3) is 0 Å². The summed E-state index contributed by atoms with van der Waals surface area (Å²) in [5.74, 6) is -0.122. The van der Waals surface area contributed by atoms with E-state index in [9.17, 15) is 9.59 Å².